The van der Waals surface area contributed by atoms with Gasteiger partial charge < -0.3 is 19.5 Å². The van der Waals surface area contributed by atoms with Crippen molar-refractivity contribution >= 4 is 29.1 Å². The molecule has 35 heavy (non-hydrogen) atoms. The van der Waals surface area contributed by atoms with Crippen LogP contribution in [0.1, 0.15) is 38.8 Å². The summed E-state index contributed by atoms with van der Waals surface area (Å²) in [6.07, 6.45) is 13.1. The normalized spacial score (nSPS) is 14.1. The number of aliphatic carboxylic acids is 1. The van der Waals surface area contributed by atoms with Crippen molar-refractivity contribution in [2.45, 2.75) is 44.6 Å². The molecule has 1 N–H and O–H groups in total. The van der Waals surface area contributed by atoms with Crippen LogP contribution < -0.4 is 4.90 Å². The van der Waals surface area contributed by atoms with Crippen molar-refractivity contribution in [2.75, 3.05) is 37.5 Å². The third kappa shape index (κ3) is 8.19. The Kier molecular flexibility index (Phi) is 10.8. The standard InChI is InChI=1S/C27H35N3O4S/c1-20(2)30(15-17-34-25(35-3)14-16-33-19-24(31)32)23-18-28-26(21-10-6-4-7-11-21)27(29-23)22-12-8-5-9-13-22/h4,6-8,10-13,18,20,25H,5,9,14-17,19H2,1-3H3,(H,31,32). The Bertz CT molecular complexity index is 1010. The van der Waals surface area contributed by atoms with Crippen LogP contribution in [-0.4, -0.2) is 65.1 Å². The van der Waals surface area contributed by atoms with Crippen molar-refractivity contribution in [3.63, 3.8) is 0 Å². The lowest BCUT2D eigenvalue weighted by Crippen LogP contribution is -2.35. The number of nitrogens with zero attached hydrogens (tertiary/aromatic N) is 3. The summed E-state index contributed by atoms with van der Waals surface area (Å²) in [5.41, 5.74) is 3.88. The molecule has 8 heteroatoms. The van der Waals surface area contributed by atoms with Crippen LogP contribution in [0.4, 0.5) is 5.82 Å². The number of allylic oxidation sites excluding steroid dienone is 4. The Morgan fingerprint density at radius 3 is 2.63 bits per heavy atom. The van der Waals surface area contributed by atoms with E-state index in [1.54, 1.807) is 11.8 Å². The molecule has 0 spiro atoms. The molecule has 0 fully saturated rings. The molecule has 188 valence electrons. The Morgan fingerprint density at radius 2 is 1.97 bits per heavy atom. The van der Waals surface area contributed by atoms with Crippen LogP contribution in [0, 0.1) is 0 Å². The van der Waals surface area contributed by atoms with Gasteiger partial charge in [-0.1, -0.05) is 48.6 Å². The molecule has 0 saturated carbocycles. The number of hydrogen-bond donors (Lipinski definition) is 1. The third-order valence-electron chi connectivity index (χ3n) is 5.62. The fourth-order valence-corrected chi connectivity index (χ4v) is 4.41. The van der Waals surface area contributed by atoms with Crippen LogP contribution >= 0.6 is 11.8 Å². The number of carbonyl (C=O) groups is 1. The molecule has 1 aliphatic rings. The summed E-state index contributed by atoms with van der Waals surface area (Å²) in [7, 11) is 0. The van der Waals surface area contributed by atoms with Crippen molar-refractivity contribution in [2.24, 2.45) is 0 Å². The van der Waals surface area contributed by atoms with E-state index in [1.165, 1.54) is 0 Å². The van der Waals surface area contributed by atoms with Gasteiger partial charge in [0.15, 0.2) is 0 Å². The first-order valence-corrected chi connectivity index (χ1v) is 13.3. The Morgan fingerprint density at radius 1 is 1.17 bits per heavy atom. The molecule has 0 bridgehead atoms. The highest BCUT2D eigenvalue weighted by molar-refractivity contribution is 7.99. The predicted octanol–water partition coefficient (Wildman–Crippen LogP) is 5.29. The summed E-state index contributed by atoms with van der Waals surface area (Å²) in [5, 5.41) is 8.70. The van der Waals surface area contributed by atoms with Crippen molar-refractivity contribution in [1.82, 2.24) is 9.97 Å². The number of benzene rings is 1. The molecule has 1 atom stereocenters. The number of rotatable bonds is 14. The van der Waals surface area contributed by atoms with Gasteiger partial charge in [-0.3, -0.25) is 4.98 Å². The van der Waals surface area contributed by atoms with Crippen molar-refractivity contribution < 1.29 is 19.4 Å². The zero-order valence-corrected chi connectivity index (χ0v) is 21.5. The quantitative estimate of drug-likeness (QED) is 0.278. The van der Waals surface area contributed by atoms with Gasteiger partial charge in [0.05, 0.1) is 30.8 Å². The second kappa shape index (κ2) is 14.0. The summed E-state index contributed by atoms with van der Waals surface area (Å²) in [6, 6.07) is 10.4. The van der Waals surface area contributed by atoms with Gasteiger partial charge in [-0.05, 0) is 38.5 Å². The van der Waals surface area contributed by atoms with Gasteiger partial charge in [-0.25, -0.2) is 9.78 Å². The summed E-state index contributed by atoms with van der Waals surface area (Å²) < 4.78 is 11.2. The second-order valence-electron chi connectivity index (χ2n) is 8.49. The average Bonchev–Trinajstić information content (AvgIpc) is 2.88. The molecular weight excluding hydrogens is 462 g/mol. The molecule has 1 aliphatic carbocycles. The van der Waals surface area contributed by atoms with Crippen LogP contribution in [0.25, 0.3) is 16.8 Å². The van der Waals surface area contributed by atoms with E-state index >= 15 is 0 Å². The Labute approximate surface area is 212 Å². The first-order chi connectivity index (χ1) is 17.0. The van der Waals surface area contributed by atoms with E-state index in [4.69, 9.17) is 24.5 Å². The van der Waals surface area contributed by atoms with Gasteiger partial charge in [-0.2, -0.15) is 0 Å². The molecule has 1 heterocycles. The van der Waals surface area contributed by atoms with Gasteiger partial charge in [0.25, 0.3) is 0 Å². The summed E-state index contributed by atoms with van der Waals surface area (Å²) in [5.74, 6) is -0.138. The smallest absolute Gasteiger partial charge is 0.329 e. The molecule has 7 nitrogen and oxygen atoms in total. The van der Waals surface area contributed by atoms with Gasteiger partial charge in [0.1, 0.15) is 17.9 Å². The Balaban J connectivity index is 1.73. The number of carboxylic acids is 1. The van der Waals surface area contributed by atoms with Gasteiger partial charge in [0.2, 0.25) is 0 Å². The molecule has 3 rings (SSSR count). The molecular formula is C27H35N3O4S. The number of thioether (sulfide) groups is 1. The molecule has 1 aromatic heterocycles. The van der Waals surface area contributed by atoms with Crippen molar-refractivity contribution in [3.8, 4) is 11.3 Å². The summed E-state index contributed by atoms with van der Waals surface area (Å²) in [4.78, 5) is 22.8. The van der Waals surface area contributed by atoms with Crippen LogP contribution in [0.5, 0.6) is 0 Å². The highest BCUT2D eigenvalue weighted by Crippen LogP contribution is 2.30. The highest BCUT2D eigenvalue weighted by Gasteiger charge is 2.19. The monoisotopic (exact) mass is 497 g/mol. The minimum Gasteiger partial charge on any atom is -0.480 e. The molecule has 0 amide bonds. The predicted molar refractivity (Wildman–Crippen MR) is 143 cm³/mol. The van der Waals surface area contributed by atoms with E-state index in [0.29, 0.717) is 26.2 Å². The minimum atomic E-state index is -0.961. The maximum atomic E-state index is 10.6. The van der Waals surface area contributed by atoms with E-state index in [1.807, 2.05) is 30.7 Å². The van der Waals surface area contributed by atoms with E-state index in [-0.39, 0.29) is 18.1 Å². The number of aromatic nitrogens is 2. The molecule has 0 saturated heterocycles. The van der Waals surface area contributed by atoms with Gasteiger partial charge in [0, 0.05) is 24.6 Å². The number of carboxylic acid groups (broad SMARTS) is 1. The molecule has 0 aliphatic heterocycles. The molecule has 0 radical (unpaired) electrons. The fourth-order valence-electron chi connectivity index (χ4n) is 3.84. The maximum absolute atomic E-state index is 10.6. The largest absolute Gasteiger partial charge is 0.480 e. The first kappa shape index (κ1) is 26.9. The van der Waals surface area contributed by atoms with Crippen molar-refractivity contribution in [3.05, 3.63) is 60.5 Å². The van der Waals surface area contributed by atoms with Gasteiger partial charge >= 0.3 is 5.97 Å². The molecule has 1 aromatic carbocycles. The van der Waals surface area contributed by atoms with Crippen LogP contribution in [-0.2, 0) is 14.3 Å². The van der Waals surface area contributed by atoms with Crippen LogP contribution in [0.2, 0.25) is 0 Å². The number of anilines is 1. The lowest BCUT2D eigenvalue weighted by Gasteiger charge is -2.29. The SMILES string of the molecule is CSC(CCOCC(=O)O)OCCN(c1cnc(-c2ccccc2)c(C2=CCCC=C2)n1)C(C)C. The first-order valence-electron chi connectivity index (χ1n) is 12.0. The van der Waals surface area contributed by atoms with E-state index in [2.05, 4.69) is 49.1 Å². The van der Waals surface area contributed by atoms with Gasteiger partial charge in [-0.15, -0.1) is 11.8 Å². The highest BCUT2D eigenvalue weighted by atomic mass is 32.2. The molecule has 1 unspecified atom stereocenters. The molecule has 2 aromatic rings. The van der Waals surface area contributed by atoms with E-state index < -0.39 is 5.97 Å². The topological polar surface area (TPSA) is 84.8 Å². The minimum absolute atomic E-state index is 0.0579. The van der Waals surface area contributed by atoms with Crippen LogP contribution in [0.15, 0.2) is 54.8 Å². The lowest BCUT2D eigenvalue weighted by atomic mass is 9.99. The number of ether oxygens (including phenoxy) is 2. The van der Waals surface area contributed by atoms with Crippen LogP contribution in [0.3, 0.4) is 0 Å². The Hall–Kier alpha value is -2.68. The third-order valence-corrected chi connectivity index (χ3v) is 6.51. The number of hydrogen-bond acceptors (Lipinski definition) is 7. The second-order valence-corrected chi connectivity index (χ2v) is 9.49. The maximum Gasteiger partial charge on any atom is 0.329 e. The summed E-state index contributed by atoms with van der Waals surface area (Å²) in [6.45, 7) is 5.52. The fraction of sp³-hybridized carbons (Fsp3) is 0.444. The van der Waals surface area contributed by atoms with Crippen molar-refractivity contribution in [1.29, 1.82) is 0 Å². The van der Waals surface area contributed by atoms with E-state index in [9.17, 15) is 4.79 Å². The van der Waals surface area contributed by atoms with E-state index in [0.717, 1.165) is 41.2 Å². The average molecular weight is 498 g/mol. The zero-order chi connectivity index (χ0) is 25.0. The lowest BCUT2D eigenvalue weighted by molar-refractivity contribution is -0.142. The zero-order valence-electron chi connectivity index (χ0n) is 20.7. The summed E-state index contributed by atoms with van der Waals surface area (Å²) >= 11 is 1.59.